The van der Waals surface area contributed by atoms with E-state index in [1.54, 1.807) is 6.08 Å². The van der Waals surface area contributed by atoms with Crippen LogP contribution in [0.1, 0.15) is 44.9 Å². The van der Waals surface area contributed by atoms with Crippen LogP contribution >= 0.6 is 0 Å². The largest absolute Gasteiger partial charge is 0.337 e. The molecular weight excluding hydrogens is 244 g/mol. The first-order valence-electron chi connectivity index (χ1n) is 6.89. The van der Waals surface area contributed by atoms with Gasteiger partial charge in [0.2, 0.25) is 0 Å². The van der Waals surface area contributed by atoms with E-state index in [1.807, 2.05) is 0 Å². The Kier molecular flexibility index (Phi) is 16.0. The Morgan fingerprint density at radius 1 is 0.789 bits per heavy atom. The van der Waals surface area contributed by atoms with Crippen LogP contribution in [0.15, 0.2) is 31.2 Å². The van der Waals surface area contributed by atoms with Crippen LogP contribution in [-0.2, 0) is 19.6 Å². The Morgan fingerprint density at radius 2 is 1.37 bits per heavy atom. The second kappa shape index (κ2) is 16.9. The monoisotopic (exact) mass is 270 g/mol. The lowest BCUT2D eigenvalue weighted by atomic mass is 10.1. The Morgan fingerprint density at radius 3 is 1.95 bits per heavy atom. The molecule has 0 atom stereocenters. The van der Waals surface area contributed by atoms with Crippen molar-refractivity contribution in [2.24, 2.45) is 0 Å². The maximum absolute atomic E-state index is 4.95. The highest BCUT2D eigenvalue weighted by Crippen LogP contribution is 2.07. The van der Waals surface area contributed by atoms with Crippen LogP contribution in [0.4, 0.5) is 0 Å². The number of unbranched alkanes of at least 4 members (excludes halogenated alkanes) is 6. The van der Waals surface area contributed by atoms with Crippen LogP contribution in [-0.4, -0.2) is 19.8 Å². The van der Waals surface area contributed by atoms with Crippen molar-refractivity contribution < 1.29 is 19.6 Å². The van der Waals surface area contributed by atoms with E-state index in [0.29, 0.717) is 19.8 Å². The molecule has 0 radical (unpaired) electrons. The summed E-state index contributed by atoms with van der Waals surface area (Å²) in [6.45, 7) is 8.63. The maximum Gasteiger partial charge on any atom is 0.171 e. The minimum Gasteiger partial charge on any atom is -0.337 e. The molecular formula is C15H26O4. The van der Waals surface area contributed by atoms with Crippen LogP contribution < -0.4 is 0 Å². The molecule has 0 aliphatic rings. The van der Waals surface area contributed by atoms with E-state index >= 15 is 0 Å². The molecule has 0 saturated carbocycles. The summed E-state index contributed by atoms with van der Waals surface area (Å²) in [4.78, 5) is 19.3. The number of hydrogen-bond donors (Lipinski definition) is 0. The van der Waals surface area contributed by atoms with Crippen molar-refractivity contribution in [2.75, 3.05) is 19.8 Å². The fourth-order valence-electron chi connectivity index (χ4n) is 1.48. The third-order valence-corrected chi connectivity index (χ3v) is 2.42. The second-order valence-corrected chi connectivity index (χ2v) is 4.11. The summed E-state index contributed by atoms with van der Waals surface area (Å²) in [5.74, 6) is 0. The fourth-order valence-corrected chi connectivity index (χ4v) is 1.48. The lowest BCUT2D eigenvalue weighted by Gasteiger charge is -2.03. The summed E-state index contributed by atoms with van der Waals surface area (Å²) in [5, 5.41) is 0. The van der Waals surface area contributed by atoms with Gasteiger partial charge in [0.05, 0.1) is 13.2 Å². The van der Waals surface area contributed by atoms with E-state index in [1.165, 1.54) is 38.4 Å². The van der Waals surface area contributed by atoms with Gasteiger partial charge in [0, 0.05) is 0 Å². The van der Waals surface area contributed by atoms with Crippen LogP contribution in [0.5, 0.6) is 0 Å². The maximum atomic E-state index is 4.95. The molecule has 0 saturated heterocycles. The summed E-state index contributed by atoms with van der Waals surface area (Å²) in [6, 6.07) is 0. The molecule has 0 bridgehead atoms. The average Bonchev–Trinajstić information content (AvgIpc) is 2.43. The fraction of sp³-hybridized carbons (Fsp3) is 0.667. The summed E-state index contributed by atoms with van der Waals surface area (Å²) in [6.07, 6.45) is 11.1. The predicted octanol–water partition coefficient (Wildman–Crippen LogP) is 4.10. The van der Waals surface area contributed by atoms with Crippen molar-refractivity contribution in [1.82, 2.24) is 0 Å². The molecule has 0 unspecified atom stereocenters. The van der Waals surface area contributed by atoms with Crippen LogP contribution in [0.2, 0.25) is 0 Å². The van der Waals surface area contributed by atoms with E-state index in [2.05, 4.69) is 23.8 Å². The molecule has 110 valence electrons. The van der Waals surface area contributed by atoms with Crippen molar-refractivity contribution >= 4 is 0 Å². The normalized spacial score (nSPS) is 9.89. The van der Waals surface area contributed by atoms with Crippen LogP contribution in [0.25, 0.3) is 0 Å². The molecule has 4 nitrogen and oxygen atoms in total. The summed E-state index contributed by atoms with van der Waals surface area (Å²) in [5.41, 5.74) is 2.47. The third kappa shape index (κ3) is 16.9. The number of hydrogen-bond acceptors (Lipinski definition) is 4. The molecule has 0 amide bonds. The van der Waals surface area contributed by atoms with Gasteiger partial charge in [0.25, 0.3) is 0 Å². The summed E-state index contributed by atoms with van der Waals surface area (Å²) in [7, 11) is 0. The Balaban J connectivity index is 2.95. The van der Waals surface area contributed by atoms with Crippen molar-refractivity contribution in [3.63, 3.8) is 0 Å². The average molecular weight is 270 g/mol. The molecule has 0 heterocycles. The highest BCUT2D eigenvalue weighted by Gasteiger charge is 1.93. The third-order valence-electron chi connectivity index (χ3n) is 2.42. The van der Waals surface area contributed by atoms with Gasteiger partial charge in [-0.2, -0.15) is 4.89 Å². The first kappa shape index (κ1) is 17.9. The quantitative estimate of drug-likeness (QED) is 0.112. The predicted molar refractivity (Wildman–Crippen MR) is 75.2 cm³/mol. The van der Waals surface area contributed by atoms with Gasteiger partial charge < -0.3 is 4.89 Å². The smallest absolute Gasteiger partial charge is 0.171 e. The van der Waals surface area contributed by atoms with E-state index in [-0.39, 0.29) is 0 Å². The Hall–Kier alpha value is -1.06. The van der Waals surface area contributed by atoms with E-state index in [9.17, 15) is 0 Å². The lowest BCUT2D eigenvalue weighted by molar-refractivity contribution is -0.286. The van der Waals surface area contributed by atoms with Gasteiger partial charge in [-0.1, -0.05) is 50.5 Å². The molecule has 0 fully saturated rings. The topological polar surface area (TPSA) is 36.9 Å². The molecule has 0 aromatic heterocycles. The molecule has 0 rings (SSSR count). The Bertz CT molecular complexity index is 234. The Labute approximate surface area is 116 Å². The standard InChI is InChI=1S/C15H26O4/c1-3-12-16-18-14-10-8-6-5-7-9-11-15-19-17-13-4-2/h3,13H,1-2,5-12,14-15H2. The highest BCUT2D eigenvalue weighted by molar-refractivity contribution is 4.62. The molecule has 0 aliphatic heterocycles. The summed E-state index contributed by atoms with van der Waals surface area (Å²) < 4.78 is 0. The van der Waals surface area contributed by atoms with Crippen LogP contribution in [0.3, 0.4) is 0 Å². The lowest BCUT2D eigenvalue weighted by Crippen LogP contribution is -1.96. The first-order chi connectivity index (χ1) is 9.41. The molecule has 4 heteroatoms. The SMILES string of the molecule is C=C=COOCCCCCCCCCOOCC=C. The molecule has 0 aromatic carbocycles. The van der Waals surface area contributed by atoms with Gasteiger partial charge >= 0.3 is 0 Å². The van der Waals surface area contributed by atoms with Crippen molar-refractivity contribution in [2.45, 2.75) is 44.9 Å². The second-order valence-electron chi connectivity index (χ2n) is 4.11. The van der Waals surface area contributed by atoms with Crippen molar-refractivity contribution in [3.05, 3.63) is 31.2 Å². The van der Waals surface area contributed by atoms with E-state index < -0.39 is 0 Å². The van der Waals surface area contributed by atoms with Gasteiger partial charge in [0.1, 0.15) is 6.61 Å². The zero-order valence-electron chi connectivity index (χ0n) is 11.8. The zero-order valence-corrected chi connectivity index (χ0v) is 11.8. The minimum atomic E-state index is 0.453. The van der Waals surface area contributed by atoms with E-state index in [0.717, 1.165) is 12.8 Å². The van der Waals surface area contributed by atoms with Gasteiger partial charge in [-0.05, 0) is 12.8 Å². The molecule has 19 heavy (non-hydrogen) atoms. The first-order valence-corrected chi connectivity index (χ1v) is 6.89. The molecule has 0 aromatic rings. The zero-order chi connectivity index (χ0) is 14.0. The van der Waals surface area contributed by atoms with Gasteiger partial charge in [-0.25, -0.2) is 9.78 Å². The van der Waals surface area contributed by atoms with Gasteiger partial charge in [0.15, 0.2) is 6.26 Å². The van der Waals surface area contributed by atoms with E-state index in [4.69, 9.17) is 14.7 Å². The van der Waals surface area contributed by atoms with Crippen molar-refractivity contribution in [1.29, 1.82) is 0 Å². The minimum absolute atomic E-state index is 0.453. The van der Waals surface area contributed by atoms with Crippen LogP contribution in [0, 0.1) is 0 Å². The summed E-state index contributed by atoms with van der Waals surface area (Å²) >= 11 is 0. The van der Waals surface area contributed by atoms with Crippen molar-refractivity contribution in [3.8, 4) is 0 Å². The molecule has 0 aliphatic carbocycles. The molecule has 0 spiro atoms. The van der Waals surface area contributed by atoms with Gasteiger partial charge in [-0.15, -0.1) is 6.58 Å². The molecule has 0 N–H and O–H groups in total. The number of rotatable bonds is 15. The highest BCUT2D eigenvalue weighted by atomic mass is 17.2. The van der Waals surface area contributed by atoms with Gasteiger partial charge in [-0.3, -0.25) is 0 Å².